The monoisotopic (exact) mass is 113 g/mol. The number of hydrogen-bond donors (Lipinski definition) is 0. The van der Waals surface area contributed by atoms with E-state index in [1.54, 1.807) is 9.12 Å². The SMILES string of the molecule is O=P.[Li].[Ni]. The van der Waals surface area contributed by atoms with E-state index in [0.717, 1.165) is 0 Å². The van der Waals surface area contributed by atoms with E-state index in [9.17, 15) is 0 Å². The van der Waals surface area contributed by atoms with E-state index in [4.69, 9.17) is 4.57 Å². The van der Waals surface area contributed by atoms with Crippen LogP contribution in [0, 0.1) is 0 Å². The Kier molecular flexibility index (Phi) is 143. The van der Waals surface area contributed by atoms with Crippen molar-refractivity contribution in [3.8, 4) is 0 Å². The first kappa shape index (κ1) is 19.0. The van der Waals surface area contributed by atoms with E-state index in [1.165, 1.54) is 0 Å². The summed E-state index contributed by atoms with van der Waals surface area (Å²) in [5.41, 5.74) is 0. The van der Waals surface area contributed by atoms with Crippen LogP contribution in [-0.4, -0.2) is 18.9 Å². The largest absolute Gasteiger partial charge is 0.279 e. The van der Waals surface area contributed by atoms with Crippen molar-refractivity contribution >= 4 is 28.0 Å². The van der Waals surface area contributed by atoms with Crippen LogP contribution in [0.2, 0.25) is 0 Å². The molecule has 0 aromatic rings. The first-order valence-corrected chi connectivity index (χ1v) is 0.612. The van der Waals surface area contributed by atoms with Gasteiger partial charge in [-0.2, -0.15) is 0 Å². The Labute approximate surface area is 49.3 Å². The molecule has 0 saturated carbocycles. The van der Waals surface area contributed by atoms with Gasteiger partial charge in [0.1, 0.15) is 9.12 Å². The molecule has 0 rings (SSSR count). The van der Waals surface area contributed by atoms with Crippen LogP contribution in [0.4, 0.5) is 0 Å². The summed E-state index contributed by atoms with van der Waals surface area (Å²) in [6.07, 6.45) is 0. The molecule has 0 saturated heterocycles. The maximum atomic E-state index is 8.06. The average molecular weight is 114 g/mol. The van der Waals surface area contributed by atoms with Crippen LogP contribution in [0.3, 0.4) is 0 Å². The van der Waals surface area contributed by atoms with E-state index < -0.39 is 0 Å². The Morgan fingerprint density at radius 1 is 1.25 bits per heavy atom. The van der Waals surface area contributed by atoms with Crippen LogP contribution < -0.4 is 0 Å². The molecular formula is HLiNiOP. The first-order valence-electron chi connectivity index (χ1n) is 0.204. The van der Waals surface area contributed by atoms with Gasteiger partial charge in [-0.05, 0) is 0 Å². The van der Waals surface area contributed by atoms with Crippen LogP contribution in [0.1, 0.15) is 0 Å². The van der Waals surface area contributed by atoms with Crippen molar-refractivity contribution < 1.29 is 21.1 Å². The maximum Gasteiger partial charge on any atom is 0.138 e. The van der Waals surface area contributed by atoms with E-state index in [0.29, 0.717) is 0 Å². The zero-order chi connectivity index (χ0) is 2.00. The second-order valence-electron chi connectivity index (χ2n) is 0. The third kappa shape index (κ3) is 10.8. The minimum Gasteiger partial charge on any atom is -0.279 e. The van der Waals surface area contributed by atoms with E-state index in [1.807, 2.05) is 0 Å². The van der Waals surface area contributed by atoms with Crippen molar-refractivity contribution in [2.75, 3.05) is 0 Å². The predicted molar refractivity (Wildman–Crippen MR) is 14.8 cm³/mol. The van der Waals surface area contributed by atoms with Crippen LogP contribution in [0.15, 0.2) is 0 Å². The molecule has 0 atom stereocenters. The van der Waals surface area contributed by atoms with Crippen molar-refractivity contribution in [2.45, 2.75) is 0 Å². The van der Waals surface area contributed by atoms with Crippen molar-refractivity contribution in [2.24, 2.45) is 0 Å². The van der Waals surface area contributed by atoms with Gasteiger partial charge in [0.15, 0.2) is 0 Å². The van der Waals surface area contributed by atoms with Crippen molar-refractivity contribution in [1.82, 2.24) is 0 Å². The van der Waals surface area contributed by atoms with E-state index in [2.05, 4.69) is 0 Å². The molecule has 0 aromatic heterocycles. The van der Waals surface area contributed by atoms with Crippen LogP contribution >= 0.6 is 9.12 Å². The summed E-state index contributed by atoms with van der Waals surface area (Å²) >= 11 is 0. The number of hydrogen-bond acceptors (Lipinski definition) is 1. The first-order chi connectivity index (χ1) is 1.00. The molecule has 4 heteroatoms. The molecule has 23 valence electrons. The third-order valence-electron chi connectivity index (χ3n) is 0. The van der Waals surface area contributed by atoms with Crippen molar-refractivity contribution in [3.63, 3.8) is 0 Å². The summed E-state index contributed by atoms with van der Waals surface area (Å²) in [5.74, 6) is 0. The summed E-state index contributed by atoms with van der Waals surface area (Å²) < 4.78 is 8.06. The molecule has 0 unspecified atom stereocenters. The standard InChI is InChI=1S/Li.Ni.HOP/c;;1-2/h;;2H. The molecule has 0 amide bonds. The van der Waals surface area contributed by atoms with Crippen LogP contribution in [0.25, 0.3) is 0 Å². The molecule has 0 aliphatic heterocycles. The Balaban J connectivity index is -0.00000000500. The molecular weight excluding hydrogens is 113 g/mol. The van der Waals surface area contributed by atoms with Gasteiger partial charge in [0.05, 0.1) is 0 Å². The quantitative estimate of drug-likeness (QED) is 0.322. The van der Waals surface area contributed by atoms with Gasteiger partial charge in [-0.25, -0.2) is 0 Å². The molecule has 0 spiro atoms. The fourth-order valence-corrected chi connectivity index (χ4v) is 0. The predicted octanol–water partition coefficient (Wildman–Crippen LogP) is 0.0914. The van der Waals surface area contributed by atoms with E-state index in [-0.39, 0.29) is 35.4 Å². The molecule has 0 N–H and O–H groups in total. The molecule has 1 nitrogen and oxygen atoms in total. The average Bonchev–Trinajstić information content (AvgIpc) is 1.00. The summed E-state index contributed by atoms with van der Waals surface area (Å²) in [6.45, 7) is 0. The molecule has 0 aromatic carbocycles. The van der Waals surface area contributed by atoms with Gasteiger partial charge in [0.2, 0.25) is 0 Å². The Morgan fingerprint density at radius 2 is 1.25 bits per heavy atom. The van der Waals surface area contributed by atoms with Crippen LogP contribution in [-0.2, 0) is 21.1 Å². The van der Waals surface area contributed by atoms with Crippen LogP contribution in [0.5, 0.6) is 0 Å². The summed E-state index contributed by atoms with van der Waals surface area (Å²) in [4.78, 5) is 0. The summed E-state index contributed by atoms with van der Waals surface area (Å²) in [7, 11) is 1.72. The normalized spacial score (nSPS) is 1.00. The van der Waals surface area contributed by atoms with Gasteiger partial charge in [0, 0.05) is 35.4 Å². The Hall–Kier alpha value is 1.19. The molecule has 0 fully saturated rings. The minimum atomic E-state index is 0. The van der Waals surface area contributed by atoms with Gasteiger partial charge in [-0.15, -0.1) is 0 Å². The van der Waals surface area contributed by atoms with Gasteiger partial charge >= 0.3 is 0 Å². The Bertz CT molecular complexity index is 8.00. The molecule has 1 radical (unpaired) electrons. The Morgan fingerprint density at radius 3 is 1.25 bits per heavy atom. The minimum absolute atomic E-state index is 0. The fourth-order valence-electron chi connectivity index (χ4n) is 0. The maximum absolute atomic E-state index is 8.06. The topological polar surface area (TPSA) is 17.1 Å². The second kappa shape index (κ2) is 30.1. The van der Waals surface area contributed by atoms with Gasteiger partial charge in [-0.1, -0.05) is 0 Å². The fraction of sp³-hybridized carbons (Fsp3) is 0. The van der Waals surface area contributed by atoms with Gasteiger partial charge in [-0.3, -0.25) is 4.57 Å². The van der Waals surface area contributed by atoms with Crippen molar-refractivity contribution in [3.05, 3.63) is 0 Å². The van der Waals surface area contributed by atoms with Gasteiger partial charge in [0.25, 0.3) is 0 Å². The summed E-state index contributed by atoms with van der Waals surface area (Å²) in [5, 5.41) is 0. The smallest absolute Gasteiger partial charge is 0.138 e. The van der Waals surface area contributed by atoms with E-state index >= 15 is 0 Å². The molecule has 0 aliphatic carbocycles. The third-order valence-corrected chi connectivity index (χ3v) is 0. The molecule has 4 heavy (non-hydrogen) atoms. The second-order valence-corrected chi connectivity index (χ2v) is 0. The summed E-state index contributed by atoms with van der Waals surface area (Å²) in [6, 6.07) is 0. The molecule has 0 bridgehead atoms. The van der Waals surface area contributed by atoms with Crippen molar-refractivity contribution in [1.29, 1.82) is 0 Å². The molecule has 0 heterocycles. The van der Waals surface area contributed by atoms with Gasteiger partial charge < -0.3 is 0 Å². The molecule has 0 aliphatic rings. The number of rotatable bonds is 0. The zero-order valence-electron chi connectivity index (χ0n) is 2.22. The zero-order valence-corrected chi connectivity index (χ0v) is 4.21.